The van der Waals surface area contributed by atoms with Gasteiger partial charge in [0.25, 0.3) is 5.91 Å². The molecule has 1 heterocycles. The quantitative estimate of drug-likeness (QED) is 0.816. The molecule has 0 saturated carbocycles. The number of amides is 1. The lowest BCUT2D eigenvalue weighted by molar-refractivity contribution is 0.0314. The normalized spacial score (nSPS) is 11.2. The van der Waals surface area contributed by atoms with E-state index in [-0.39, 0.29) is 5.91 Å². The zero-order chi connectivity index (χ0) is 12.2. The van der Waals surface area contributed by atoms with Crippen molar-refractivity contribution in [2.45, 2.75) is 26.4 Å². The molecule has 0 fully saturated rings. The van der Waals surface area contributed by atoms with Crippen molar-refractivity contribution < 1.29 is 9.90 Å². The van der Waals surface area contributed by atoms with E-state index in [2.05, 4.69) is 10.2 Å². The van der Waals surface area contributed by atoms with Gasteiger partial charge in [-0.05, 0) is 26.8 Å². The number of likely N-dealkylation sites (N-methyl/N-ethyl adjacent to an activating group) is 1. The Balaban J connectivity index is 2.78. The first kappa shape index (κ1) is 12.6. The Morgan fingerprint density at radius 2 is 2.19 bits per heavy atom. The Hall–Kier alpha value is -1.49. The van der Waals surface area contributed by atoms with Crippen molar-refractivity contribution in [3.05, 3.63) is 24.0 Å². The smallest absolute Gasteiger partial charge is 0.255 e. The summed E-state index contributed by atoms with van der Waals surface area (Å²) in [5, 5.41) is 17.0. The molecule has 1 amide bonds. The number of rotatable bonds is 4. The maximum absolute atomic E-state index is 12.0. The van der Waals surface area contributed by atoms with Gasteiger partial charge in [0.2, 0.25) is 0 Å². The van der Waals surface area contributed by atoms with E-state index in [0.717, 1.165) is 0 Å². The van der Waals surface area contributed by atoms with Gasteiger partial charge in [0.1, 0.15) is 0 Å². The lowest BCUT2D eigenvalue weighted by Gasteiger charge is -2.28. The molecule has 1 aromatic rings. The largest absolute Gasteiger partial charge is 0.389 e. The Kier molecular flexibility index (Phi) is 3.95. The first-order chi connectivity index (χ1) is 7.44. The summed E-state index contributed by atoms with van der Waals surface area (Å²) in [6, 6.07) is 1.61. The standard InChI is InChI=1S/C11H17N3O2/c1-4-14(8-11(2,3)16)10(15)9-5-6-12-13-7-9/h5-7,16H,4,8H2,1-3H3. The average molecular weight is 223 g/mol. The molecule has 16 heavy (non-hydrogen) atoms. The van der Waals surface area contributed by atoms with Gasteiger partial charge < -0.3 is 10.0 Å². The Morgan fingerprint density at radius 3 is 2.62 bits per heavy atom. The third-order valence-corrected chi connectivity index (χ3v) is 2.08. The number of nitrogens with zero attached hydrogens (tertiary/aromatic N) is 3. The molecule has 5 nitrogen and oxygen atoms in total. The molecule has 0 radical (unpaired) electrons. The van der Waals surface area contributed by atoms with E-state index >= 15 is 0 Å². The van der Waals surface area contributed by atoms with Gasteiger partial charge in [-0.15, -0.1) is 0 Å². The van der Waals surface area contributed by atoms with Crippen molar-refractivity contribution in [2.75, 3.05) is 13.1 Å². The van der Waals surface area contributed by atoms with E-state index in [1.165, 1.54) is 12.4 Å². The second kappa shape index (κ2) is 5.03. The number of hydrogen-bond acceptors (Lipinski definition) is 4. The van der Waals surface area contributed by atoms with Crippen molar-refractivity contribution in [1.82, 2.24) is 15.1 Å². The van der Waals surface area contributed by atoms with Crippen LogP contribution in [0.4, 0.5) is 0 Å². The number of carbonyl (C=O) groups excluding carboxylic acids is 1. The van der Waals surface area contributed by atoms with Gasteiger partial charge in [0.15, 0.2) is 0 Å². The summed E-state index contributed by atoms with van der Waals surface area (Å²) in [6.45, 7) is 6.07. The van der Waals surface area contributed by atoms with Crippen LogP contribution in [-0.2, 0) is 0 Å². The third-order valence-electron chi connectivity index (χ3n) is 2.08. The van der Waals surface area contributed by atoms with Crippen LogP contribution in [0.25, 0.3) is 0 Å². The molecule has 1 rings (SSSR count). The van der Waals surface area contributed by atoms with Crippen LogP contribution >= 0.6 is 0 Å². The first-order valence-electron chi connectivity index (χ1n) is 5.22. The van der Waals surface area contributed by atoms with Crippen LogP contribution in [0.1, 0.15) is 31.1 Å². The summed E-state index contributed by atoms with van der Waals surface area (Å²) < 4.78 is 0. The lowest BCUT2D eigenvalue weighted by Crippen LogP contribution is -2.42. The zero-order valence-corrected chi connectivity index (χ0v) is 9.84. The molecule has 0 spiro atoms. The fourth-order valence-corrected chi connectivity index (χ4v) is 1.39. The summed E-state index contributed by atoms with van der Waals surface area (Å²) in [4.78, 5) is 13.6. The topological polar surface area (TPSA) is 66.3 Å². The Morgan fingerprint density at radius 1 is 1.50 bits per heavy atom. The molecular formula is C11H17N3O2. The molecule has 0 saturated heterocycles. The highest BCUT2D eigenvalue weighted by atomic mass is 16.3. The molecule has 0 aliphatic rings. The number of hydrogen-bond donors (Lipinski definition) is 1. The van der Waals surface area contributed by atoms with Gasteiger partial charge in [-0.25, -0.2) is 0 Å². The molecular weight excluding hydrogens is 206 g/mol. The van der Waals surface area contributed by atoms with Crippen LogP contribution in [0.2, 0.25) is 0 Å². The molecule has 0 aromatic carbocycles. The molecule has 5 heteroatoms. The Labute approximate surface area is 95.1 Å². The second-order valence-electron chi connectivity index (χ2n) is 4.26. The van der Waals surface area contributed by atoms with Crippen LogP contribution in [0.15, 0.2) is 18.5 Å². The molecule has 0 unspecified atom stereocenters. The monoisotopic (exact) mass is 223 g/mol. The summed E-state index contributed by atoms with van der Waals surface area (Å²) in [7, 11) is 0. The van der Waals surface area contributed by atoms with E-state index in [9.17, 15) is 9.90 Å². The highest BCUT2D eigenvalue weighted by Gasteiger charge is 2.22. The number of aliphatic hydroxyl groups is 1. The van der Waals surface area contributed by atoms with Crippen molar-refractivity contribution >= 4 is 5.91 Å². The van der Waals surface area contributed by atoms with E-state index in [1.807, 2.05) is 6.92 Å². The summed E-state index contributed by atoms with van der Waals surface area (Å²) in [5.74, 6) is -0.139. The van der Waals surface area contributed by atoms with E-state index < -0.39 is 5.60 Å². The lowest BCUT2D eigenvalue weighted by atomic mass is 10.1. The minimum absolute atomic E-state index is 0.139. The van der Waals surface area contributed by atoms with Gasteiger partial charge in [0, 0.05) is 13.1 Å². The van der Waals surface area contributed by atoms with Gasteiger partial charge in [0.05, 0.1) is 23.6 Å². The summed E-state index contributed by atoms with van der Waals surface area (Å²) in [5.41, 5.74) is -0.410. The summed E-state index contributed by atoms with van der Waals surface area (Å²) in [6.07, 6.45) is 2.90. The Bertz CT molecular complexity index is 346. The van der Waals surface area contributed by atoms with Crippen LogP contribution < -0.4 is 0 Å². The maximum atomic E-state index is 12.0. The van der Waals surface area contributed by atoms with Crippen LogP contribution in [0.5, 0.6) is 0 Å². The minimum Gasteiger partial charge on any atom is -0.389 e. The minimum atomic E-state index is -0.897. The fraction of sp³-hybridized carbons (Fsp3) is 0.545. The third kappa shape index (κ3) is 3.58. The average Bonchev–Trinajstić information content (AvgIpc) is 2.25. The highest BCUT2D eigenvalue weighted by Crippen LogP contribution is 2.08. The van der Waals surface area contributed by atoms with Crippen molar-refractivity contribution in [3.63, 3.8) is 0 Å². The van der Waals surface area contributed by atoms with E-state index in [4.69, 9.17) is 0 Å². The van der Waals surface area contributed by atoms with E-state index in [0.29, 0.717) is 18.7 Å². The van der Waals surface area contributed by atoms with Gasteiger partial charge in [-0.3, -0.25) is 4.79 Å². The zero-order valence-electron chi connectivity index (χ0n) is 9.84. The molecule has 88 valence electrons. The highest BCUT2D eigenvalue weighted by molar-refractivity contribution is 5.93. The van der Waals surface area contributed by atoms with Gasteiger partial charge >= 0.3 is 0 Å². The summed E-state index contributed by atoms with van der Waals surface area (Å²) >= 11 is 0. The maximum Gasteiger partial charge on any atom is 0.255 e. The number of aromatic nitrogens is 2. The number of carbonyl (C=O) groups is 1. The van der Waals surface area contributed by atoms with Crippen molar-refractivity contribution in [3.8, 4) is 0 Å². The van der Waals surface area contributed by atoms with Crippen molar-refractivity contribution in [1.29, 1.82) is 0 Å². The predicted octanol–water partition coefficient (Wildman–Crippen LogP) is 0.710. The second-order valence-corrected chi connectivity index (χ2v) is 4.26. The van der Waals surface area contributed by atoms with Crippen molar-refractivity contribution in [2.24, 2.45) is 0 Å². The molecule has 0 aliphatic carbocycles. The van der Waals surface area contributed by atoms with Gasteiger partial charge in [-0.2, -0.15) is 10.2 Å². The van der Waals surface area contributed by atoms with Crippen LogP contribution in [0.3, 0.4) is 0 Å². The fourth-order valence-electron chi connectivity index (χ4n) is 1.39. The SMILES string of the molecule is CCN(CC(C)(C)O)C(=O)c1ccnnc1. The predicted molar refractivity (Wildman–Crippen MR) is 59.9 cm³/mol. The first-order valence-corrected chi connectivity index (χ1v) is 5.22. The van der Waals surface area contributed by atoms with E-state index in [1.54, 1.807) is 24.8 Å². The van der Waals surface area contributed by atoms with Crippen LogP contribution in [-0.4, -0.2) is 44.8 Å². The molecule has 0 bridgehead atoms. The molecule has 1 aromatic heterocycles. The molecule has 0 atom stereocenters. The van der Waals surface area contributed by atoms with Gasteiger partial charge in [-0.1, -0.05) is 0 Å². The molecule has 1 N–H and O–H groups in total. The van der Waals surface area contributed by atoms with Crippen LogP contribution in [0, 0.1) is 0 Å². The molecule has 0 aliphatic heterocycles.